The highest BCUT2D eigenvalue weighted by molar-refractivity contribution is 7.80. The van der Waals surface area contributed by atoms with E-state index >= 15 is 0 Å². The van der Waals surface area contributed by atoms with Gasteiger partial charge in [0.1, 0.15) is 27.9 Å². The highest BCUT2D eigenvalue weighted by atomic mass is 32.1. The Kier molecular flexibility index (Phi) is 10.5. The standard InChI is InChI=1S/C21H24N4O4S2.CH4/c1-24(20(30)14-5-9-16(28-3)10-6-14)22-18(26)13-19(27)23-25(2)21(31)15-7-11-17(29-4)12-8-15;/h5-12H,13H2,1-4H3,(H,22,26)(H,23,27);1H4. The van der Waals surface area contributed by atoms with Gasteiger partial charge in [-0.25, -0.2) is 0 Å². The molecule has 0 bridgehead atoms. The SMILES string of the molecule is C.COc1ccc(C(=S)N(C)NC(=O)CC(=O)NN(C)C(=S)c2ccc(OC)cc2)cc1. The highest BCUT2D eigenvalue weighted by Crippen LogP contribution is 2.14. The van der Waals surface area contributed by atoms with Crippen molar-refractivity contribution in [2.45, 2.75) is 13.8 Å². The number of methoxy groups -OCH3 is 2. The van der Waals surface area contributed by atoms with Crippen molar-refractivity contribution in [2.75, 3.05) is 28.3 Å². The maximum Gasteiger partial charge on any atom is 0.248 e. The third kappa shape index (κ3) is 7.47. The van der Waals surface area contributed by atoms with Crippen LogP contribution in [0.5, 0.6) is 11.5 Å². The van der Waals surface area contributed by atoms with Crippen molar-refractivity contribution in [3.05, 3.63) is 59.7 Å². The summed E-state index contributed by atoms with van der Waals surface area (Å²) in [6, 6.07) is 14.2. The highest BCUT2D eigenvalue weighted by Gasteiger charge is 2.16. The zero-order valence-corrected chi connectivity index (χ0v) is 19.3. The summed E-state index contributed by atoms with van der Waals surface area (Å²) in [5.41, 5.74) is 6.62. The maximum absolute atomic E-state index is 12.2. The average molecular weight is 477 g/mol. The first-order valence-corrected chi connectivity index (χ1v) is 10.00. The monoisotopic (exact) mass is 476 g/mol. The maximum atomic E-state index is 12.2. The molecular formula is C22H28N4O4S2. The molecule has 32 heavy (non-hydrogen) atoms. The number of ether oxygens (including phenoxy) is 2. The Labute approximate surface area is 199 Å². The Bertz CT molecular complexity index is 872. The number of thiocarbonyl (C=S) groups is 2. The predicted octanol–water partition coefficient (Wildman–Crippen LogP) is 2.71. The van der Waals surface area contributed by atoms with E-state index in [4.69, 9.17) is 33.9 Å². The van der Waals surface area contributed by atoms with E-state index in [1.807, 2.05) is 0 Å². The fraction of sp³-hybridized carbons (Fsp3) is 0.273. The van der Waals surface area contributed by atoms with Gasteiger partial charge < -0.3 is 9.47 Å². The van der Waals surface area contributed by atoms with Crippen LogP contribution in [0.25, 0.3) is 0 Å². The van der Waals surface area contributed by atoms with Gasteiger partial charge in [0.15, 0.2) is 0 Å². The second-order valence-corrected chi connectivity index (χ2v) is 7.21. The van der Waals surface area contributed by atoms with Crippen LogP contribution < -0.4 is 20.3 Å². The number of benzene rings is 2. The molecule has 0 aliphatic rings. The summed E-state index contributed by atoms with van der Waals surface area (Å²) in [6.45, 7) is 0. The van der Waals surface area contributed by atoms with Crippen LogP contribution in [0.2, 0.25) is 0 Å². The smallest absolute Gasteiger partial charge is 0.248 e. The number of nitrogens with zero attached hydrogens (tertiary/aromatic N) is 2. The fourth-order valence-corrected chi connectivity index (χ4v) is 2.92. The van der Waals surface area contributed by atoms with Gasteiger partial charge in [0, 0.05) is 25.2 Å². The quantitative estimate of drug-likeness (QED) is 0.374. The summed E-state index contributed by atoms with van der Waals surface area (Å²) in [7, 11) is 6.36. The van der Waals surface area contributed by atoms with Gasteiger partial charge in [0.2, 0.25) is 11.8 Å². The van der Waals surface area contributed by atoms with E-state index in [9.17, 15) is 9.59 Å². The lowest BCUT2D eigenvalue weighted by molar-refractivity contribution is -0.132. The molecular weight excluding hydrogens is 448 g/mol. The number of hydrogen-bond donors (Lipinski definition) is 2. The topological polar surface area (TPSA) is 83.1 Å². The molecule has 0 saturated carbocycles. The molecule has 8 nitrogen and oxygen atoms in total. The number of hydrazine groups is 2. The number of nitrogens with one attached hydrogen (secondary N) is 2. The Balaban J connectivity index is 0.00000512. The van der Waals surface area contributed by atoms with Crippen LogP contribution in [-0.2, 0) is 9.59 Å². The van der Waals surface area contributed by atoms with E-state index in [1.54, 1.807) is 76.8 Å². The molecule has 0 aliphatic heterocycles. The van der Waals surface area contributed by atoms with Gasteiger partial charge in [-0.1, -0.05) is 31.9 Å². The van der Waals surface area contributed by atoms with Crippen LogP contribution in [0.1, 0.15) is 25.0 Å². The van der Waals surface area contributed by atoms with E-state index in [0.717, 1.165) is 11.1 Å². The lowest BCUT2D eigenvalue weighted by Gasteiger charge is -2.23. The van der Waals surface area contributed by atoms with Crippen molar-refractivity contribution < 1.29 is 19.1 Å². The van der Waals surface area contributed by atoms with Crippen LogP contribution in [0.4, 0.5) is 0 Å². The molecule has 0 fully saturated rings. The first-order chi connectivity index (χ1) is 14.7. The molecule has 0 radical (unpaired) electrons. The van der Waals surface area contributed by atoms with E-state index in [2.05, 4.69) is 10.9 Å². The van der Waals surface area contributed by atoms with Crippen molar-refractivity contribution in [1.82, 2.24) is 20.9 Å². The zero-order chi connectivity index (χ0) is 23.0. The lowest BCUT2D eigenvalue weighted by Crippen LogP contribution is -2.47. The van der Waals surface area contributed by atoms with Crippen LogP contribution >= 0.6 is 24.4 Å². The molecule has 172 valence electrons. The van der Waals surface area contributed by atoms with Crippen LogP contribution in [0.3, 0.4) is 0 Å². The minimum atomic E-state index is -0.514. The van der Waals surface area contributed by atoms with Crippen molar-refractivity contribution in [3.63, 3.8) is 0 Å². The number of rotatable bonds is 6. The van der Waals surface area contributed by atoms with Crippen molar-refractivity contribution in [2.24, 2.45) is 0 Å². The Morgan fingerprint density at radius 2 is 1.06 bits per heavy atom. The molecule has 2 N–H and O–H groups in total. The first-order valence-electron chi connectivity index (χ1n) is 9.18. The summed E-state index contributed by atoms with van der Waals surface area (Å²) < 4.78 is 10.2. The second-order valence-electron chi connectivity index (χ2n) is 6.43. The third-order valence-corrected chi connectivity index (χ3v) is 5.21. The van der Waals surface area contributed by atoms with Crippen LogP contribution in [0.15, 0.2) is 48.5 Å². The third-order valence-electron chi connectivity index (χ3n) is 4.19. The summed E-state index contributed by atoms with van der Waals surface area (Å²) in [4.78, 5) is 25.3. The van der Waals surface area contributed by atoms with Gasteiger partial charge in [-0.15, -0.1) is 0 Å². The average Bonchev–Trinajstić information content (AvgIpc) is 2.77. The van der Waals surface area contributed by atoms with Crippen LogP contribution in [0, 0.1) is 0 Å². The normalized spacial score (nSPS) is 9.62. The van der Waals surface area contributed by atoms with Crippen molar-refractivity contribution in [1.29, 1.82) is 0 Å². The van der Waals surface area contributed by atoms with Crippen molar-refractivity contribution >= 4 is 46.2 Å². The molecule has 0 aromatic heterocycles. The predicted molar refractivity (Wildman–Crippen MR) is 133 cm³/mol. The molecule has 0 saturated heterocycles. The Morgan fingerprint density at radius 3 is 1.34 bits per heavy atom. The van der Waals surface area contributed by atoms with Gasteiger partial charge in [-0.05, 0) is 48.5 Å². The largest absolute Gasteiger partial charge is 0.497 e. The summed E-state index contributed by atoms with van der Waals surface area (Å²) in [6.07, 6.45) is -0.398. The summed E-state index contributed by atoms with van der Waals surface area (Å²) in [5.74, 6) is 0.373. The van der Waals surface area contributed by atoms with Gasteiger partial charge in [0.25, 0.3) is 0 Å². The molecule has 2 aromatic rings. The van der Waals surface area contributed by atoms with Gasteiger partial charge in [-0.2, -0.15) is 0 Å². The molecule has 0 unspecified atom stereocenters. The molecule has 2 aromatic carbocycles. The minimum Gasteiger partial charge on any atom is -0.497 e. The first kappa shape index (κ1) is 26.8. The molecule has 0 spiro atoms. The van der Waals surface area contributed by atoms with Gasteiger partial charge in [-0.3, -0.25) is 30.5 Å². The molecule has 10 heteroatoms. The zero-order valence-electron chi connectivity index (χ0n) is 17.7. The molecule has 0 aliphatic carbocycles. The molecule has 2 rings (SSSR count). The van der Waals surface area contributed by atoms with E-state index in [1.165, 1.54) is 10.0 Å². The number of carbonyl (C=O) groups excluding carboxylic acids is 2. The van der Waals surface area contributed by atoms with Gasteiger partial charge >= 0.3 is 0 Å². The summed E-state index contributed by atoms with van der Waals surface area (Å²) in [5, 5.41) is 2.77. The van der Waals surface area contributed by atoms with Crippen LogP contribution in [-0.4, -0.2) is 60.1 Å². The minimum absolute atomic E-state index is 0. The number of hydrogen-bond acceptors (Lipinski definition) is 6. The van der Waals surface area contributed by atoms with Crippen molar-refractivity contribution in [3.8, 4) is 11.5 Å². The molecule has 2 amide bonds. The summed E-state index contributed by atoms with van der Waals surface area (Å²) >= 11 is 10.7. The Morgan fingerprint density at radius 1 is 0.750 bits per heavy atom. The number of amides is 2. The molecule has 0 heterocycles. The fourth-order valence-electron chi connectivity index (χ4n) is 2.56. The van der Waals surface area contributed by atoms with E-state index in [-0.39, 0.29) is 7.43 Å². The van der Waals surface area contributed by atoms with E-state index in [0.29, 0.717) is 21.5 Å². The van der Waals surface area contributed by atoms with Gasteiger partial charge in [0.05, 0.1) is 14.2 Å². The lowest BCUT2D eigenvalue weighted by atomic mass is 10.2. The Hall–Kier alpha value is -3.24. The number of carbonyl (C=O) groups is 2. The van der Waals surface area contributed by atoms with E-state index < -0.39 is 18.2 Å². The second kappa shape index (κ2) is 12.6. The molecule has 0 atom stereocenters.